The summed E-state index contributed by atoms with van der Waals surface area (Å²) in [6.07, 6.45) is 0.0775. The summed E-state index contributed by atoms with van der Waals surface area (Å²) in [5.41, 5.74) is 4.97. The summed E-state index contributed by atoms with van der Waals surface area (Å²) in [6, 6.07) is 0.767. The highest BCUT2D eigenvalue weighted by molar-refractivity contribution is 5.85. The molecule has 0 heterocycles. The van der Waals surface area contributed by atoms with Gasteiger partial charge in [-0.05, 0) is 6.42 Å². The molecule has 8 heteroatoms. The number of nitro benzene ring substituents is 1. The molecule has 0 fully saturated rings. The molecule has 0 saturated heterocycles. The van der Waals surface area contributed by atoms with Gasteiger partial charge in [0, 0.05) is 24.3 Å². The fourth-order valence-electron chi connectivity index (χ4n) is 1.29. The Morgan fingerprint density at radius 2 is 2.12 bits per heavy atom. The highest BCUT2D eigenvalue weighted by Gasteiger charge is 2.20. The molecule has 17 heavy (non-hydrogen) atoms. The lowest BCUT2D eigenvalue weighted by atomic mass is 10.0. The summed E-state index contributed by atoms with van der Waals surface area (Å²) in [5.74, 6) is -1.82. The van der Waals surface area contributed by atoms with Crippen LogP contribution in [0.5, 0.6) is 5.75 Å². The molecule has 1 rings (SSSR count). The molecule has 0 bridgehead atoms. The van der Waals surface area contributed by atoms with E-state index < -0.39 is 28.2 Å². The van der Waals surface area contributed by atoms with E-state index in [0.717, 1.165) is 6.07 Å². The number of rotatable bonds is 4. The van der Waals surface area contributed by atoms with Gasteiger partial charge in [-0.15, -0.1) is 12.4 Å². The molecule has 0 unspecified atom stereocenters. The largest absolute Gasteiger partial charge is 0.505 e. The highest BCUT2D eigenvalue weighted by Crippen LogP contribution is 2.31. The average Bonchev–Trinajstić information content (AvgIpc) is 2.21. The van der Waals surface area contributed by atoms with Crippen molar-refractivity contribution < 1.29 is 19.5 Å². The zero-order valence-electron chi connectivity index (χ0n) is 8.67. The fraction of sp³-hybridized carbons (Fsp3) is 0.333. The molecule has 0 aromatic heterocycles. The predicted octanol–water partition coefficient (Wildman–Crippen LogP) is 1.24. The molecule has 0 saturated carbocycles. The molecule has 0 aliphatic carbocycles. The Hall–Kier alpha value is -1.44. The topological polar surface area (TPSA) is 110 Å². The van der Waals surface area contributed by atoms with E-state index in [0.29, 0.717) is 6.07 Å². The van der Waals surface area contributed by atoms with E-state index in [2.05, 4.69) is 0 Å². The first kappa shape index (κ1) is 15.6. The first-order chi connectivity index (χ1) is 7.47. The number of aliphatic hydroxyl groups excluding tert-OH is 1. The number of non-ortho nitro benzene ring substituents is 1. The number of hydrogen-bond acceptors (Lipinski definition) is 5. The Balaban J connectivity index is 0.00000256. The molecule has 1 aromatic carbocycles. The van der Waals surface area contributed by atoms with Crippen molar-refractivity contribution in [1.29, 1.82) is 0 Å². The molecule has 0 aliphatic heterocycles. The smallest absolute Gasteiger partial charge is 0.272 e. The minimum absolute atomic E-state index is 0. The third-order valence-electron chi connectivity index (χ3n) is 2.13. The minimum Gasteiger partial charge on any atom is -0.505 e. The van der Waals surface area contributed by atoms with Gasteiger partial charge in [-0.1, -0.05) is 0 Å². The van der Waals surface area contributed by atoms with Gasteiger partial charge in [0.05, 0.1) is 11.0 Å². The number of phenols is 1. The van der Waals surface area contributed by atoms with Crippen LogP contribution in [0.15, 0.2) is 12.1 Å². The van der Waals surface area contributed by atoms with Gasteiger partial charge in [0.25, 0.3) is 5.69 Å². The van der Waals surface area contributed by atoms with Crippen LogP contribution in [0.2, 0.25) is 0 Å². The van der Waals surface area contributed by atoms with Crippen LogP contribution in [0.4, 0.5) is 10.1 Å². The van der Waals surface area contributed by atoms with E-state index in [1.54, 1.807) is 0 Å². The monoisotopic (exact) mass is 266 g/mol. The molecular weight excluding hydrogens is 255 g/mol. The van der Waals surface area contributed by atoms with Gasteiger partial charge in [0.1, 0.15) is 0 Å². The number of hydrogen-bond donors (Lipinski definition) is 3. The van der Waals surface area contributed by atoms with Crippen molar-refractivity contribution in [2.24, 2.45) is 5.73 Å². The lowest BCUT2D eigenvalue weighted by Crippen LogP contribution is -2.13. The molecule has 1 aromatic rings. The number of aliphatic hydroxyl groups is 1. The molecule has 0 radical (unpaired) electrons. The van der Waals surface area contributed by atoms with Crippen LogP contribution in [-0.4, -0.2) is 21.7 Å². The van der Waals surface area contributed by atoms with E-state index in [-0.39, 0.29) is 31.0 Å². The maximum atomic E-state index is 13.1. The first-order valence-corrected chi connectivity index (χ1v) is 4.50. The van der Waals surface area contributed by atoms with Crippen molar-refractivity contribution in [2.75, 3.05) is 6.61 Å². The van der Waals surface area contributed by atoms with E-state index in [4.69, 9.17) is 10.8 Å². The Morgan fingerprint density at radius 1 is 1.53 bits per heavy atom. The average molecular weight is 267 g/mol. The number of benzene rings is 1. The lowest BCUT2D eigenvalue weighted by molar-refractivity contribution is -0.385. The molecule has 0 aliphatic rings. The quantitative estimate of drug-likeness (QED) is 0.561. The van der Waals surface area contributed by atoms with Crippen LogP contribution < -0.4 is 5.73 Å². The molecule has 1 atom stereocenters. The maximum Gasteiger partial charge on any atom is 0.272 e. The second kappa shape index (κ2) is 6.33. The van der Waals surface area contributed by atoms with Crippen LogP contribution >= 0.6 is 12.4 Å². The molecule has 6 nitrogen and oxygen atoms in total. The molecule has 0 spiro atoms. The Morgan fingerprint density at radius 3 is 2.59 bits per heavy atom. The van der Waals surface area contributed by atoms with Gasteiger partial charge >= 0.3 is 0 Å². The Kier molecular flexibility index (Phi) is 5.80. The van der Waals surface area contributed by atoms with Crippen molar-refractivity contribution in [3.8, 4) is 5.75 Å². The number of nitrogens with zero attached hydrogens (tertiary/aromatic N) is 1. The summed E-state index contributed by atoms with van der Waals surface area (Å²) in [7, 11) is 0. The van der Waals surface area contributed by atoms with E-state index >= 15 is 0 Å². The molecule has 96 valence electrons. The summed E-state index contributed by atoms with van der Waals surface area (Å²) < 4.78 is 13.1. The van der Waals surface area contributed by atoms with Crippen LogP contribution in [0, 0.1) is 15.9 Å². The lowest BCUT2D eigenvalue weighted by Gasteiger charge is -2.12. The van der Waals surface area contributed by atoms with Gasteiger partial charge in [-0.3, -0.25) is 10.1 Å². The Bertz CT molecular complexity index is 416. The van der Waals surface area contributed by atoms with E-state index in [1.807, 2.05) is 0 Å². The highest BCUT2D eigenvalue weighted by atomic mass is 35.5. The minimum atomic E-state index is -1.10. The summed E-state index contributed by atoms with van der Waals surface area (Å²) in [4.78, 5) is 9.68. The first-order valence-electron chi connectivity index (χ1n) is 4.50. The van der Waals surface area contributed by atoms with Crippen molar-refractivity contribution in [3.63, 3.8) is 0 Å². The van der Waals surface area contributed by atoms with Gasteiger partial charge < -0.3 is 15.9 Å². The van der Waals surface area contributed by atoms with Crippen molar-refractivity contribution in [1.82, 2.24) is 0 Å². The second-order valence-corrected chi connectivity index (χ2v) is 3.24. The molecular formula is C9H12ClFN2O4. The summed E-state index contributed by atoms with van der Waals surface area (Å²) in [6.45, 7) is -0.259. The number of aromatic hydroxyl groups is 1. The number of nitro groups is 1. The second-order valence-electron chi connectivity index (χ2n) is 3.24. The van der Waals surface area contributed by atoms with Gasteiger partial charge in [-0.2, -0.15) is 0 Å². The normalized spacial score (nSPS) is 11.7. The van der Waals surface area contributed by atoms with Gasteiger partial charge in [0.15, 0.2) is 11.6 Å². The van der Waals surface area contributed by atoms with Gasteiger partial charge in [-0.25, -0.2) is 4.39 Å². The van der Waals surface area contributed by atoms with Crippen LogP contribution in [0.3, 0.4) is 0 Å². The Labute approximate surface area is 102 Å². The standard InChI is InChI=1S/C9H11FN2O4.ClH/c10-7-4-5(12(15)16)3-6(9(7)14)8(11)1-2-13;/h3-4,8,13-14H,1-2,11H2;1H/t8-;/m1./s1. The van der Waals surface area contributed by atoms with Crippen LogP contribution in [0.1, 0.15) is 18.0 Å². The summed E-state index contributed by atoms with van der Waals surface area (Å²) in [5, 5.41) is 28.5. The SMILES string of the molecule is Cl.N[C@H](CCO)c1cc([N+](=O)[O-])cc(F)c1O. The van der Waals surface area contributed by atoms with Crippen LogP contribution in [0.25, 0.3) is 0 Å². The van der Waals surface area contributed by atoms with E-state index in [1.165, 1.54) is 0 Å². The fourth-order valence-corrected chi connectivity index (χ4v) is 1.29. The molecule has 0 amide bonds. The number of halogens is 2. The van der Waals surface area contributed by atoms with Gasteiger partial charge in [0.2, 0.25) is 0 Å². The number of phenolic OH excluding ortho intramolecular Hbond substituents is 1. The predicted molar refractivity (Wildman–Crippen MR) is 60.6 cm³/mol. The third kappa shape index (κ3) is 3.52. The number of nitrogens with two attached hydrogens (primary N) is 1. The van der Waals surface area contributed by atoms with E-state index in [9.17, 15) is 19.6 Å². The third-order valence-corrected chi connectivity index (χ3v) is 2.13. The zero-order valence-corrected chi connectivity index (χ0v) is 9.48. The van der Waals surface area contributed by atoms with Crippen molar-refractivity contribution in [3.05, 3.63) is 33.6 Å². The summed E-state index contributed by atoms with van der Waals surface area (Å²) >= 11 is 0. The zero-order chi connectivity index (χ0) is 12.3. The maximum absolute atomic E-state index is 13.1. The van der Waals surface area contributed by atoms with Crippen molar-refractivity contribution in [2.45, 2.75) is 12.5 Å². The van der Waals surface area contributed by atoms with Crippen molar-refractivity contribution >= 4 is 18.1 Å². The molecule has 4 N–H and O–H groups in total. The van der Waals surface area contributed by atoms with Crippen LogP contribution in [-0.2, 0) is 0 Å².